The second-order valence-electron chi connectivity index (χ2n) is 5.63. The van der Waals surface area contributed by atoms with Crippen molar-refractivity contribution >= 4 is 17.4 Å². The van der Waals surface area contributed by atoms with Crippen molar-refractivity contribution in [3.05, 3.63) is 60.2 Å². The zero-order valence-electron chi connectivity index (χ0n) is 13.2. The van der Waals surface area contributed by atoms with Crippen LogP contribution in [0.3, 0.4) is 0 Å². The highest BCUT2D eigenvalue weighted by atomic mass is 32.2. The van der Waals surface area contributed by atoms with Gasteiger partial charge in [-0.05, 0) is 37.1 Å². The Morgan fingerprint density at radius 2 is 1.77 bits per heavy atom. The summed E-state index contributed by atoms with van der Waals surface area (Å²) < 4.78 is 0. The van der Waals surface area contributed by atoms with Crippen molar-refractivity contribution in [1.82, 2.24) is 0 Å². The largest absolute Gasteiger partial charge is 0.349 e. The highest BCUT2D eigenvalue weighted by Gasteiger charge is 2.40. The van der Waals surface area contributed by atoms with Gasteiger partial charge in [0.2, 0.25) is 0 Å². The lowest BCUT2D eigenvalue weighted by molar-refractivity contribution is 0.609. The molecule has 2 heteroatoms. The second-order valence-corrected chi connectivity index (χ2v) is 6.95. The third kappa shape index (κ3) is 2.87. The number of benzene rings is 2. The summed E-state index contributed by atoms with van der Waals surface area (Å²) in [6.07, 6.45) is 3.47. The van der Waals surface area contributed by atoms with E-state index in [-0.39, 0.29) is 4.87 Å². The maximum atomic E-state index is 3.58. The molecule has 2 aromatic carbocycles. The summed E-state index contributed by atoms with van der Waals surface area (Å²) in [6.45, 7) is 2.24. The van der Waals surface area contributed by atoms with Crippen molar-refractivity contribution in [3.63, 3.8) is 0 Å². The van der Waals surface area contributed by atoms with Gasteiger partial charge >= 0.3 is 0 Å². The molecule has 0 aromatic heterocycles. The zero-order chi connectivity index (χ0) is 15.4. The number of rotatable bonds is 3. The van der Waals surface area contributed by atoms with Crippen molar-refractivity contribution in [2.45, 2.75) is 36.0 Å². The Balaban J connectivity index is 1.96. The van der Waals surface area contributed by atoms with Gasteiger partial charge in [-0.15, -0.1) is 0 Å². The molecule has 0 saturated heterocycles. The molecule has 0 saturated carbocycles. The summed E-state index contributed by atoms with van der Waals surface area (Å²) >= 11 is 1.90. The average Bonchev–Trinajstić information content (AvgIpc) is 2.85. The average molecular weight is 307 g/mol. The van der Waals surface area contributed by atoms with E-state index in [0.717, 1.165) is 12.0 Å². The molecule has 0 radical (unpaired) electrons. The van der Waals surface area contributed by atoms with Crippen molar-refractivity contribution in [2.75, 3.05) is 11.9 Å². The van der Waals surface area contributed by atoms with E-state index in [4.69, 9.17) is 0 Å². The first-order chi connectivity index (χ1) is 10.7. The van der Waals surface area contributed by atoms with Crippen LogP contribution in [-0.2, 0) is 0 Å². The molecule has 0 spiro atoms. The molecule has 22 heavy (non-hydrogen) atoms. The Bertz CT molecular complexity index is 698. The topological polar surface area (TPSA) is 3.24 Å². The summed E-state index contributed by atoms with van der Waals surface area (Å²) in [4.78, 5) is 3.55. The highest BCUT2D eigenvalue weighted by Crippen LogP contribution is 2.51. The first-order valence-corrected chi connectivity index (χ1v) is 8.67. The Morgan fingerprint density at radius 3 is 2.50 bits per heavy atom. The van der Waals surface area contributed by atoms with Gasteiger partial charge in [-0.1, -0.05) is 67.3 Å². The Hall–Kier alpha value is -1.85. The molecule has 1 heterocycles. The minimum absolute atomic E-state index is 0.143. The predicted octanol–water partition coefficient (Wildman–Crippen LogP) is 5.17. The first-order valence-electron chi connectivity index (χ1n) is 7.85. The van der Waals surface area contributed by atoms with Crippen LogP contribution < -0.4 is 4.90 Å². The van der Waals surface area contributed by atoms with Crippen molar-refractivity contribution in [3.8, 4) is 11.8 Å². The molecule has 0 bridgehead atoms. The molecule has 3 rings (SSSR count). The summed E-state index contributed by atoms with van der Waals surface area (Å²) in [7, 11) is 2.17. The van der Waals surface area contributed by atoms with Crippen LogP contribution in [0.15, 0.2) is 59.5 Å². The predicted molar refractivity (Wildman–Crippen MR) is 96.3 cm³/mol. The van der Waals surface area contributed by atoms with E-state index in [1.54, 1.807) is 0 Å². The number of hydrogen-bond acceptors (Lipinski definition) is 2. The molecule has 1 aliphatic rings. The first kappa shape index (κ1) is 15.1. The fourth-order valence-electron chi connectivity index (χ4n) is 2.76. The molecule has 0 aliphatic carbocycles. The molecule has 0 amide bonds. The monoisotopic (exact) mass is 307 g/mol. The van der Waals surface area contributed by atoms with Crippen LogP contribution >= 0.6 is 11.8 Å². The smallest absolute Gasteiger partial charge is 0.153 e. The van der Waals surface area contributed by atoms with Crippen LogP contribution in [-0.4, -0.2) is 11.9 Å². The molecular formula is C20H21NS. The number of para-hydroxylation sites is 1. The normalized spacial score (nSPS) is 19.5. The van der Waals surface area contributed by atoms with E-state index < -0.39 is 0 Å². The number of thioether (sulfide) groups is 1. The maximum absolute atomic E-state index is 3.58. The lowest BCUT2D eigenvalue weighted by Gasteiger charge is -2.32. The van der Waals surface area contributed by atoms with Gasteiger partial charge in [0.25, 0.3) is 0 Å². The van der Waals surface area contributed by atoms with Gasteiger partial charge in [-0.2, -0.15) is 0 Å². The lowest BCUT2D eigenvalue weighted by Crippen LogP contribution is -2.39. The van der Waals surface area contributed by atoms with E-state index >= 15 is 0 Å². The molecular weight excluding hydrogens is 286 g/mol. The van der Waals surface area contributed by atoms with Crippen LogP contribution in [0.1, 0.15) is 31.7 Å². The molecule has 0 fully saturated rings. The van der Waals surface area contributed by atoms with Gasteiger partial charge in [0, 0.05) is 17.5 Å². The fourth-order valence-corrected chi connectivity index (χ4v) is 4.17. The molecule has 2 aromatic rings. The molecule has 0 N–H and O–H groups in total. The minimum atomic E-state index is -0.143. The Labute approximate surface area is 137 Å². The van der Waals surface area contributed by atoms with Gasteiger partial charge in [-0.3, -0.25) is 0 Å². The summed E-state index contributed by atoms with van der Waals surface area (Å²) in [6, 6.07) is 18.9. The third-order valence-corrected chi connectivity index (χ3v) is 5.58. The molecule has 112 valence electrons. The second kappa shape index (κ2) is 6.50. The van der Waals surface area contributed by atoms with E-state index in [1.807, 2.05) is 30.0 Å². The third-order valence-electron chi connectivity index (χ3n) is 4.09. The molecule has 1 atom stereocenters. The Morgan fingerprint density at radius 1 is 1.05 bits per heavy atom. The van der Waals surface area contributed by atoms with Gasteiger partial charge in [0.15, 0.2) is 4.87 Å². The van der Waals surface area contributed by atoms with Gasteiger partial charge in [0.05, 0.1) is 5.69 Å². The summed E-state index contributed by atoms with van der Waals surface area (Å²) in [5.41, 5.74) is 2.38. The van der Waals surface area contributed by atoms with Gasteiger partial charge < -0.3 is 4.90 Å². The van der Waals surface area contributed by atoms with Crippen molar-refractivity contribution in [2.24, 2.45) is 0 Å². The lowest BCUT2D eigenvalue weighted by atomic mass is 10.1. The van der Waals surface area contributed by atoms with Gasteiger partial charge in [0.1, 0.15) is 0 Å². The standard InChI is InChI=1S/C20H21NS/c1-3-4-15-20(16-14-17-10-6-5-7-11-17)21(2)18-12-8-9-13-19(18)22-20/h5-13H,3-4,15H2,1-2H3. The highest BCUT2D eigenvalue weighted by molar-refractivity contribution is 8.01. The number of hydrogen-bond donors (Lipinski definition) is 0. The van der Waals surface area contributed by atoms with E-state index in [2.05, 4.69) is 67.1 Å². The Kier molecular flexibility index (Phi) is 4.45. The van der Waals surface area contributed by atoms with E-state index in [9.17, 15) is 0 Å². The van der Waals surface area contributed by atoms with Crippen LogP contribution in [0.2, 0.25) is 0 Å². The minimum Gasteiger partial charge on any atom is -0.349 e. The van der Waals surface area contributed by atoms with Crippen LogP contribution in [0.25, 0.3) is 0 Å². The number of nitrogens with zero attached hydrogens (tertiary/aromatic N) is 1. The zero-order valence-corrected chi connectivity index (χ0v) is 14.0. The van der Waals surface area contributed by atoms with Crippen LogP contribution in [0, 0.1) is 11.8 Å². The summed E-state index contributed by atoms with van der Waals surface area (Å²) in [5, 5.41) is 0. The number of fused-ring (bicyclic) bond motifs is 1. The molecule has 1 aliphatic heterocycles. The SMILES string of the molecule is CCCCC1(C#Cc2ccccc2)Sc2ccccc2N1C. The molecule has 1 unspecified atom stereocenters. The fraction of sp³-hybridized carbons (Fsp3) is 0.300. The van der Waals surface area contributed by atoms with Gasteiger partial charge in [-0.25, -0.2) is 0 Å². The maximum Gasteiger partial charge on any atom is 0.153 e. The number of anilines is 1. The number of unbranched alkanes of at least 4 members (excludes halogenated alkanes) is 1. The van der Waals surface area contributed by atoms with Crippen molar-refractivity contribution in [1.29, 1.82) is 0 Å². The van der Waals surface area contributed by atoms with Crippen LogP contribution in [0.4, 0.5) is 5.69 Å². The van der Waals surface area contributed by atoms with E-state index in [1.165, 1.54) is 23.4 Å². The summed E-state index contributed by atoms with van der Waals surface area (Å²) in [5.74, 6) is 6.97. The quantitative estimate of drug-likeness (QED) is 0.720. The van der Waals surface area contributed by atoms with Crippen LogP contribution in [0.5, 0.6) is 0 Å². The van der Waals surface area contributed by atoms with Crippen molar-refractivity contribution < 1.29 is 0 Å². The molecule has 1 nitrogen and oxygen atoms in total. The van der Waals surface area contributed by atoms with E-state index in [0.29, 0.717) is 0 Å².